The van der Waals surface area contributed by atoms with Crippen LogP contribution < -0.4 is 4.74 Å². The van der Waals surface area contributed by atoms with Crippen LogP contribution in [0.3, 0.4) is 0 Å². The van der Waals surface area contributed by atoms with Gasteiger partial charge in [-0.3, -0.25) is 0 Å². The van der Waals surface area contributed by atoms with Crippen molar-refractivity contribution in [1.29, 1.82) is 0 Å². The molecule has 0 aromatic heterocycles. The zero-order chi connectivity index (χ0) is 10.7. The molecule has 1 fully saturated rings. The van der Waals surface area contributed by atoms with Crippen molar-refractivity contribution >= 4 is 0 Å². The predicted molar refractivity (Wildman–Crippen MR) is 59.5 cm³/mol. The molecular formula is C13H17O2. The van der Waals surface area contributed by atoms with Crippen LogP contribution in [0.5, 0.6) is 5.75 Å². The summed E-state index contributed by atoms with van der Waals surface area (Å²) in [7, 11) is 0. The van der Waals surface area contributed by atoms with Crippen LogP contribution in [0.1, 0.15) is 43.2 Å². The number of benzene rings is 1. The van der Waals surface area contributed by atoms with E-state index in [4.69, 9.17) is 9.84 Å². The van der Waals surface area contributed by atoms with E-state index < -0.39 is 0 Å². The van der Waals surface area contributed by atoms with E-state index in [0.717, 1.165) is 24.3 Å². The van der Waals surface area contributed by atoms with Crippen molar-refractivity contribution in [3.63, 3.8) is 0 Å². The fraction of sp³-hybridized carbons (Fsp3) is 0.462. The van der Waals surface area contributed by atoms with Gasteiger partial charge in [0.2, 0.25) is 0 Å². The topological polar surface area (TPSA) is 29.5 Å². The van der Waals surface area contributed by atoms with Gasteiger partial charge in [-0.25, -0.2) is 0 Å². The van der Waals surface area contributed by atoms with Crippen LogP contribution in [0, 0.1) is 6.61 Å². The third-order valence-electron chi connectivity index (χ3n) is 2.69. The van der Waals surface area contributed by atoms with E-state index in [1.165, 1.54) is 25.0 Å². The first-order valence-electron chi connectivity index (χ1n) is 5.60. The minimum Gasteiger partial charge on any atom is -0.493 e. The maximum Gasteiger partial charge on any atom is 0.123 e. The van der Waals surface area contributed by atoms with E-state index >= 15 is 0 Å². The highest BCUT2D eigenvalue weighted by Gasteiger charge is 2.29. The Hall–Kier alpha value is -1.02. The molecule has 0 saturated heterocycles. The van der Waals surface area contributed by atoms with E-state index in [2.05, 4.69) is 6.92 Å². The molecule has 81 valence electrons. The molecule has 0 spiro atoms. The quantitative estimate of drug-likeness (QED) is 0.799. The Morgan fingerprint density at radius 1 is 1.47 bits per heavy atom. The van der Waals surface area contributed by atoms with Crippen LogP contribution in [0.2, 0.25) is 0 Å². The minimum absolute atomic E-state index is 0.594. The highest BCUT2D eigenvalue weighted by Crippen LogP contribution is 2.46. The Balaban J connectivity index is 2.26. The second kappa shape index (κ2) is 4.67. The monoisotopic (exact) mass is 205 g/mol. The lowest BCUT2D eigenvalue weighted by molar-refractivity contribution is 0.313. The lowest BCUT2D eigenvalue weighted by Gasteiger charge is -2.13. The van der Waals surface area contributed by atoms with Gasteiger partial charge in [-0.15, -0.1) is 0 Å². The lowest BCUT2D eigenvalue weighted by atomic mass is 10.0. The summed E-state index contributed by atoms with van der Waals surface area (Å²) in [6.07, 6.45) is 3.44. The standard InChI is InChI=1S/C13H17O2/c1-2-8-15-12-5-3-4-11(9-14)13(12)10-6-7-10/h3-5,9-10,14H,2,6-8H2,1H3. The van der Waals surface area contributed by atoms with Crippen LogP contribution in [-0.4, -0.2) is 11.7 Å². The predicted octanol–water partition coefficient (Wildman–Crippen LogP) is 3.24. The average molecular weight is 205 g/mol. The first-order valence-corrected chi connectivity index (χ1v) is 5.60. The summed E-state index contributed by atoms with van der Waals surface area (Å²) in [5.74, 6) is 1.54. The van der Waals surface area contributed by atoms with Gasteiger partial charge in [0, 0.05) is 5.56 Å². The van der Waals surface area contributed by atoms with Crippen molar-refractivity contribution in [1.82, 2.24) is 0 Å². The van der Waals surface area contributed by atoms with Gasteiger partial charge >= 0.3 is 0 Å². The molecule has 2 nitrogen and oxygen atoms in total. The van der Waals surface area contributed by atoms with Crippen LogP contribution in [0.15, 0.2) is 18.2 Å². The molecule has 0 heterocycles. The molecule has 1 aliphatic rings. The average Bonchev–Trinajstić information content (AvgIpc) is 3.09. The molecule has 15 heavy (non-hydrogen) atoms. The number of rotatable bonds is 5. The van der Waals surface area contributed by atoms with Gasteiger partial charge < -0.3 is 9.84 Å². The number of hydrogen-bond donors (Lipinski definition) is 1. The van der Waals surface area contributed by atoms with Crippen LogP contribution >= 0.6 is 0 Å². The van der Waals surface area contributed by atoms with E-state index in [9.17, 15) is 0 Å². The number of aliphatic hydroxyl groups excluding tert-OH is 1. The van der Waals surface area contributed by atoms with E-state index in [1.807, 2.05) is 18.2 Å². The number of aliphatic hydroxyl groups is 1. The second-order valence-electron chi connectivity index (χ2n) is 4.01. The molecule has 1 radical (unpaired) electrons. The van der Waals surface area contributed by atoms with Gasteiger partial charge in [0.15, 0.2) is 0 Å². The molecule has 2 rings (SSSR count). The fourth-order valence-corrected chi connectivity index (χ4v) is 1.82. The summed E-state index contributed by atoms with van der Waals surface area (Å²) in [5.41, 5.74) is 2.10. The Kier molecular flexibility index (Phi) is 3.27. The van der Waals surface area contributed by atoms with Crippen molar-refractivity contribution in [2.45, 2.75) is 32.1 Å². The van der Waals surface area contributed by atoms with Crippen molar-refractivity contribution in [2.24, 2.45) is 0 Å². The molecule has 0 bridgehead atoms. The Morgan fingerprint density at radius 3 is 2.87 bits per heavy atom. The molecule has 0 atom stereocenters. The van der Waals surface area contributed by atoms with Gasteiger partial charge in [-0.05, 0) is 36.8 Å². The maximum absolute atomic E-state index is 9.16. The summed E-state index contributed by atoms with van der Waals surface area (Å²) >= 11 is 0. The van der Waals surface area contributed by atoms with Crippen molar-refractivity contribution in [3.05, 3.63) is 35.9 Å². The summed E-state index contributed by atoms with van der Waals surface area (Å²) in [5, 5.41) is 9.16. The fourth-order valence-electron chi connectivity index (χ4n) is 1.82. The maximum atomic E-state index is 9.16. The van der Waals surface area contributed by atoms with Crippen LogP contribution in [0.4, 0.5) is 0 Å². The number of hydrogen-bond acceptors (Lipinski definition) is 2. The minimum atomic E-state index is 0.594. The molecule has 0 aliphatic heterocycles. The van der Waals surface area contributed by atoms with Gasteiger partial charge in [0.05, 0.1) is 6.61 Å². The summed E-state index contributed by atoms with van der Waals surface area (Å²) in [4.78, 5) is 0. The zero-order valence-electron chi connectivity index (χ0n) is 9.07. The van der Waals surface area contributed by atoms with Crippen molar-refractivity contribution in [2.75, 3.05) is 6.61 Å². The largest absolute Gasteiger partial charge is 0.493 e. The number of ether oxygens (including phenoxy) is 1. The molecule has 1 saturated carbocycles. The zero-order valence-corrected chi connectivity index (χ0v) is 9.07. The highest BCUT2D eigenvalue weighted by atomic mass is 16.5. The first kappa shape index (κ1) is 10.5. The molecular weight excluding hydrogens is 188 g/mol. The SMILES string of the molecule is CCCOc1cccc([CH]O)c1C1CC1. The molecule has 1 N–H and O–H groups in total. The Morgan fingerprint density at radius 2 is 2.27 bits per heavy atom. The molecule has 0 unspecified atom stereocenters. The molecule has 1 aromatic carbocycles. The van der Waals surface area contributed by atoms with Crippen LogP contribution in [0.25, 0.3) is 0 Å². The summed E-state index contributed by atoms with van der Waals surface area (Å²) in [6, 6.07) is 5.86. The third kappa shape index (κ3) is 2.32. The summed E-state index contributed by atoms with van der Waals surface area (Å²) < 4.78 is 5.70. The molecule has 1 aliphatic carbocycles. The van der Waals surface area contributed by atoms with E-state index in [-0.39, 0.29) is 0 Å². The van der Waals surface area contributed by atoms with Crippen molar-refractivity contribution < 1.29 is 9.84 Å². The van der Waals surface area contributed by atoms with E-state index in [0.29, 0.717) is 5.92 Å². The van der Waals surface area contributed by atoms with Crippen molar-refractivity contribution in [3.8, 4) is 5.75 Å². The van der Waals surface area contributed by atoms with E-state index in [1.54, 1.807) is 0 Å². The highest BCUT2D eigenvalue weighted by molar-refractivity contribution is 5.47. The van der Waals surface area contributed by atoms with Crippen LogP contribution in [-0.2, 0) is 0 Å². The smallest absolute Gasteiger partial charge is 0.123 e. The molecule has 1 aromatic rings. The van der Waals surface area contributed by atoms with Gasteiger partial charge in [-0.2, -0.15) is 0 Å². The first-order chi connectivity index (χ1) is 7.36. The van der Waals surface area contributed by atoms with Gasteiger partial charge in [0.1, 0.15) is 12.4 Å². The Labute approximate surface area is 90.9 Å². The van der Waals surface area contributed by atoms with Gasteiger partial charge in [-0.1, -0.05) is 19.1 Å². The molecule has 2 heteroatoms. The lowest BCUT2D eigenvalue weighted by Crippen LogP contribution is -2.00. The summed E-state index contributed by atoms with van der Waals surface area (Å²) in [6.45, 7) is 4.03. The second-order valence-corrected chi connectivity index (χ2v) is 4.01. The Bertz CT molecular complexity index is 329. The third-order valence-corrected chi connectivity index (χ3v) is 2.69. The normalized spacial score (nSPS) is 15.3. The van der Waals surface area contributed by atoms with Gasteiger partial charge in [0.25, 0.3) is 0 Å². The molecule has 0 amide bonds.